The van der Waals surface area contributed by atoms with Gasteiger partial charge in [-0.2, -0.15) is 11.3 Å². The summed E-state index contributed by atoms with van der Waals surface area (Å²) in [5, 5.41) is 4.02. The van der Waals surface area contributed by atoms with Gasteiger partial charge in [0.05, 0.1) is 0 Å². The van der Waals surface area contributed by atoms with Crippen LogP contribution < -0.4 is 0 Å². The lowest BCUT2D eigenvalue weighted by Crippen LogP contribution is -2.26. The Hall–Kier alpha value is -2.99. The van der Waals surface area contributed by atoms with E-state index in [1.807, 2.05) is 16.8 Å². The molecule has 6 heteroatoms. The number of Topliss-reactive ketones (excluding diaryl/α,β-unsaturated/α-hetero) is 5. The molecule has 5 rings (SSSR count). The number of carbonyl (C=O) groups excluding carboxylic acids is 5. The predicted octanol–water partition coefficient (Wildman–Crippen LogP) is 3.41. The highest BCUT2D eigenvalue weighted by atomic mass is 32.1. The lowest BCUT2D eigenvalue weighted by molar-refractivity contribution is -0.141. The van der Waals surface area contributed by atoms with Crippen LogP contribution in [0.4, 0.5) is 0 Å². The molecule has 3 aliphatic rings. The van der Waals surface area contributed by atoms with Gasteiger partial charge in [-0.3, -0.25) is 24.0 Å². The molecule has 0 N–H and O–H groups in total. The van der Waals surface area contributed by atoms with Crippen molar-refractivity contribution in [1.82, 2.24) is 0 Å². The summed E-state index contributed by atoms with van der Waals surface area (Å²) in [6.45, 7) is 3.71. The Labute approximate surface area is 170 Å². The molecule has 1 aromatic carbocycles. The minimum absolute atomic E-state index is 0.0701. The van der Waals surface area contributed by atoms with E-state index in [1.165, 1.54) is 11.3 Å². The first-order chi connectivity index (χ1) is 13.9. The molecule has 0 aliphatic heterocycles. The van der Waals surface area contributed by atoms with Gasteiger partial charge in [0.2, 0.25) is 23.1 Å². The molecule has 0 saturated heterocycles. The van der Waals surface area contributed by atoms with Crippen molar-refractivity contribution >= 4 is 45.8 Å². The number of allylic oxidation sites excluding steroid dienone is 1. The van der Waals surface area contributed by atoms with Crippen molar-refractivity contribution in [3.63, 3.8) is 0 Å². The van der Waals surface area contributed by atoms with Gasteiger partial charge >= 0.3 is 0 Å². The zero-order valence-electron chi connectivity index (χ0n) is 15.4. The van der Waals surface area contributed by atoms with Crippen LogP contribution in [0.3, 0.4) is 0 Å². The van der Waals surface area contributed by atoms with Crippen molar-refractivity contribution < 1.29 is 24.0 Å². The fourth-order valence-corrected chi connectivity index (χ4v) is 5.86. The second-order valence-electron chi connectivity index (χ2n) is 7.92. The summed E-state index contributed by atoms with van der Waals surface area (Å²) in [5.74, 6) is -3.89. The lowest BCUT2D eigenvalue weighted by atomic mass is 9.72. The van der Waals surface area contributed by atoms with Crippen molar-refractivity contribution in [2.24, 2.45) is 11.8 Å². The molecule has 3 unspecified atom stereocenters. The molecule has 1 aromatic heterocycles. The molecule has 0 amide bonds. The Morgan fingerprint density at radius 2 is 1.55 bits per heavy atom. The second kappa shape index (κ2) is 6.26. The number of thiophene rings is 1. The number of ketones is 5. The zero-order chi connectivity index (χ0) is 20.4. The average Bonchev–Trinajstić information content (AvgIpc) is 3.37. The third kappa shape index (κ3) is 2.48. The lowest BCUT2D eigenvalue weighted by Gasteiger charge is -2.29. The molecule has 0 spiro atoms. The van der Waals surface area contributed by atoms with E-state index in [0.29, 0.717) is 24.0 Å². The van der Waals surface area contributed by atoms with E-state index in [4.69, 9.17) is 0 Å². The van der Waals surface area contributed by atoms with Crippen LogP contribution in [0.1, 0.15) is 46.7 Å². The SMILES string of the molecule is C=C1C(=O)C(=O)c2cc(-c3cscc3C3CCC4C(=O)C(=O)C(=O)C4C3)ccc21. The maximum Gasteiger partial charge on any atom is 0.264 e. The molecule has 2 aromatic rings. The van der Waals surface area contributed by atoms with Gasteiger partial charge in [0.15, 0.2) is 0 Å². The molecular formula is C23H16O5S. The van der Waals surface area contributed by atoms with E-state index in [9.17, 15) is 24.0 Å². The fourth-order valence-electron chi connectivity index (χ4n) is 4.92. The van der Waals surface area contributed by atoms with E-state index in [0.717, 1.165) is 23.1 Å². The Morgan fingerprint density at radius 3 is 2.34 bits per heavy atom. The van der Waals surface area contributed by atoms with Crippen molar-refractivity contribution in [2.75, 3.05) is 0 Å². The molecule has 144 valence electrons. The van der Waals surface area contributed by atoms with Crippen LogP contribution in [0.5, 0.6) is 0 Å². The first-order valence-electron chi connectivity index (χ1n) is 9.49. The molecule has 3 atom stereocenters. The minimum atomic E-state index is -0.840. The normalized spacial score (nSPS) is 26.3. The zero-order valence-corrected chi connectivity index (χ0v) is 16.2. The third-order valence-corrected chi connectivity index (χ3v) is 7.25. The number of rotatable bonds is 2. The molecule has 1 heterocycles. The van der Waals surface area contributed by atoms with Crippen LogP contribution in [0, 0.1) is 11.8 Å². The maximum absolute atomic E-state index is 12.2. The summed E-state index contributed by atoms with van der Waals surface area (Å²) >= 11 is 1.53. The van der Waals surface area contributed by atoms with Crippen molar-refractivity contribution in [2.45, 2.75) is 25.2 Å². The van der Waals surface area contributed by atoms with Crippen molar-refractivity contribution in [3.05, 3.63) is 52.2 Å². The third-order valence-electron chi connectivity index (χ3n) is 6.48. The first-order valence-corrected chi connectivity index (χ1v) is 10.4. The van der Waals surface area contributed by atoms with Crippen LogP contribution >= 0.6 is 11.3 Å². The Morgan fingerprint density at radius 1 is 0.793 bits per heavy atom. The van der Waals surface area contributed by atoms with Gasteiger partial charge in [0, 0.05) is 23.0 Å². The number of fused-ring (bicyclic) bond motifs is 2. The summed E-state index contributed by atoms with van der Waals surface area (Å²) in [4.78, 5) is 60.1. The topological polar surface area (TPSA) is 85.3 Å². The van der Waals surface area contributed by atoms with Crippen LogP contribution in [-0.2, 0) is 19.2 Å². The molecule has 3 aliphatic carbocycles. The molecule has 5 nitrogen and oxygen atoms in total. The molecule has 2 fully saturated rings. The predicted molar refractivity (Wildman–Crippen MR) is 107 cm³/mol. The van der Waals surface area contributed by atoms with Gasteiger partial charge in [-0.15, -0.1) is 0 Å². The minimum Gasteiger partial charge on any atom is -0.290 e. The van der Waals surface area contributed by atoms with Gasteiger partial charge in [-0.05, 0) is 64.3 Å². The van der Waals surface area contributed by atoms with E-state index in [-0.39, 0.29) is 11.5 Å². The summed E-state index contributed by atoms with van der Waals surface area (Å²) in [5.41, 5.74) is 4.04. The van der Waals surface area contributed by atoms with Crippen LogP contribution in [0.15, 0.2) is 35.5 Å². The first kappa shape index (κ1) is 18.1. The van der Waals surface area contributed by atoms with Crippen LogP contribution in [0.25, 0.3) is 16.7 Å². The second-order valence-corrected chi connectivity index (χ2v) is 8.66. The number of hydrogen-bond donors (Lipinski definition) is 0. The van der Waals surface area contributed by atoms with Gasteiger partial charge in [-0.25, -0.2) is 0 Å². The fraction of sp³-hybridized carbons (Fsp3) is 0.261. The van der Waals surface area contributed by atoms with E-state index < -0.39 is 40.8 Å². The summed E-state index contributed by atoms with van der Waals surface area (Å²) in [7, 11) is 0. The molecule has 29 heavy (non-hydrogen) atoms. The van der Waals surface area contributed by atoms with Crippen LogP contribution in [0.2, 0.25) is 0 Å². The highest BCUT2D eigenvalue weighted by Gasteiger charge is 2.51. The van der Waals surface area contributed by atoms with Gasteiger partial charge in [0.1, 0.15) is 0 Å². The van der Waals surface area contributed by atoms with E-state index in [2.05, 4.69) is 6.58 Å². The van der Waals surface area contributed by atoms with E-state index in [1.54, 1.807) is 12.1 Å². The Balaban J connectivity index is 1.49. The van der Waals surface area contributed by atoms with Crippen molar-refractivity contribution in [3.8, 4) is 11.1 Å². The Bertz CT molecular complexity index is 1170. The summed E-state index contributed by atoms with van der Waals surface area (Å²) in [6, 6.07) is 5.37. The number of benzene rings is 1. The van der Waals surface area contributed by atoms with Gasteiger partial charge < -0.3 is 0 Å². The molecule has 2 saturated carbocycles. The largest absolute Gasteiger partial charge is 0.290 e. The number of carbonyl (C=O) groups is 5. The number of hydrogen-bond acceptors (Lipinski definition) is 6. The highest BCUT2D eigenvalue weighted by molar-refractivity contribution is 7.08. The van der Waals surface area contributed by atoms with Gasteiger partial charge in [0.25, 0.3) is 5.78 Å². The van der Waals surface area contributed by atoms with Crippen molar-refractivity contribution in [1.29, 1.82) is 0 Å². The monoisotopic (exact) mass is 404 g/mol. The summed E-state index contributed by atoms with van der Waals surface area (Å²) in [6.07, 6.45) is 1.76. The molecule has 0 radical (unpaired) electrons. The smallest absolute Gasteiger partial charge is 0.264 e. The van der Waals surface area contributed by atoms with Crippen LogP contribution in [-0.4, -0.2) is 28.9 Å². The molecular weight excluding hydrogens is 388 g/mol. The standard InChI is InChI=1S/C23H16O5S/c1-10-13-4-2-11(6-15(13)21(26)19(10)24)17-8-29-9-18(17)12-3-5-14-16(7-12)22(27)23(28)20(14)25/h2,4,6,8-9,12,14,16H,1,3,5,7H2. The van der Waals surface area contributed by atoms with Gasteiger partial charge in [-0.1, -0.05) is 18.7 Å². The molecule has 0 bridgehead atoms. The quantitative estimate of drug-likeness (QED) is 0.566. The maximum atomic E-state index is 12.2. The Kier molecular flexibility index (Phi) is 3.90. The highest BCUT2D eigenvalue weighted by Crippen LogP contribution is 2.47. The van der Waals surface area contributed by atoms with E-state index >= 15 is 0 Å². The summed E-state index contributed by atoms with van der Waals surface area (Å²) < 4.78 is 0. The average molecular weight is 404 g/mol.